The van der Waals surface area contributed by atoms with E-state index in [0.29, 0.717) is 24.7 Å². The molecule has 27 heavy (non-hydrogen) atoms. The third kappa shape index (κ3) is 2.69. The van der Waals surface area contributed by atoms with Crippen LogP contribution in [0.25, 0.3) is 0 Å². The number of carbonyl (C=O) groups excluding carboxylic acids is 2. The van der Waals surface area contributed by atoms with Crippen LogP contribution in [0, 0.1) is 11.8 Å². The first-order chi connectivity index (χ1) is 12.7. The highest BCUT2D eigenvalue weighted by atomic mass is 16.5. The minimum Gasteiger partial charge on any atom is -0.423 e. The van der Waals surface area contributed by atoms with Crippen molar-refractivity contribution in [2.75, 3.05) is 13.6 Å². The Morgan fingerprint density at radius 1 is 1.37 bits per heavy atom. The Balaban J connectivity index is 1.56. The molecule has 3 aliphatic rings. The number of amides is 2. The molecule has 0 aliphatic carbocycles. The molecule has 2 saturated heterocycles. The molecule has 1 aromatic rings. The Labute approximate surface area is 158 Å². The topological polar surface area (TPSA) is 88.8 Å². The SMILES string of the molecule is CCc1nnc(CN(C)C(=O)[C@H]2[C@@H]3C=C[C@@]4(CN(C(C)(C)C)C(=O)[C@H]24)O3)o1. The molecule has 8 heteroatoms. The molecule has 1 aromatic heterocycles. The Hall–Kier alpha value is -2.22. The van der Waals surface area contributed by atoms with Crippen molar-refractivity contribution in [1.29, 1.82) is 0 Å². The monoisotopic (exact) mass is 374 g/mol. The molecule has 4 atom stereocenters. The second kappa shape index (κ2) is 5.89. The van der Waals surface area contributed by atoms with Gasteiger partial charge in [0.1, 0.15) is 5.60 Å². The number of hydrogen-bond donors (Lipinski definition) is 0. The van der Waals surface area contributed by atoms with Crippen LogP contribution in [0.15, 0.2) is 16.6 Å². The number of aryl methyl sites for hydroxylation is 1. The minimum absolute atomic E-state index is 0.00726. The normalized spacial score (nSPS) is 31.7. The van der Waals surface area contributed by atoms with Gasteiger partial charge in [-0.1, -0.05) is 19.1 Å². The van der Waals surface area contributed by atoms with E-state index in [2.05, 4.69) is 10.2 Å². The third-order valence-electron chi connectivity index (χ3n) is 5.76. The van der Waals surface area contributed by atoms with Gasteiger partial charge < -0.3 is 19.0 Å². The summed E-state index contributed by atoms with van der Waals surface area (Å²) in [5.74, 6) is -0.193. The molecule has 0 radical (unpaired) electrons. The molecule has 4 rings (SSSR count). The number of carbonyl (C=O) groups is 2. The van der Waals surface area contributed by atoms with E-state index in [0.717, 1.165) is 0 Å². The van der Waals surface area contributed by atoms with Gasteiger partial charge >= 0.3 is 0 Å². The van der Waals surface area contributed by atoms with E-state index >= 15 is 0 Å². The minimum atomic E-state index is -0.684. The maximum absolute atomic E-state index is 13.2. The molecule has 1 spiro atoms. The molecule has 4 heterocycles. The van der Waals surface area contributed by atoms with Gasteiger partial charge in [0.05, 0.1) is 31.0 Å². The predicted molar refractivity (Wildman–Crippen MR) is 95.3 cm³/mol. The van der Waals surface area contributed by atoms with Gasteiger partial charge in [0.15, 0.2) is 0 Å². The molecule has 2 bridgehead atoms. The van der Waals surface area contributed by atoms with E-state index in [-0.39, 0.29) is 30.0 Å². The van der Waals surface area contributed by atoms with Gasteiger partial charge in [-0.2, -0.15) is 0 Å². The molecule has 0 unspecified atom stereocenters. The van der Waals surface area contributed by atoms with Crippen molar-refractivity contribution in [3.05, 3.63) is 23.9 Å². The number of nitrogens with zero attached hydrogens (tertiary/aromatic N) is 4. The van der Waals surface area contributed by atoms with E-state index in [1.165, 1.54) is 0 Å². The van der Waals surface area contributed by atoms with Crippen LogP contribution in [-0.4, -0.2) is 62.6 Å². The van der Waals surface area contributed by atoms with Crippen molar-refractivity contribution >= 4 is 11.8 Å². The number of rotatable bonds is 4. The van der Waals surface area contributed by atoms with E-state index in [1.807, 2.05) is 44.7 Å². The number of likely N-dealkylation sites (tertiary alicyclic amines) is 1. The van der Waals surface area contributed by atoms with Crippen molar-refractivity contribution in [3.63, 3.8) is 0 Å². The molecule has 146 valence electrons. The molecule has 2 fully saturated rings. The van der Waals surface area contributed by atoms with Crippen LogP contribution >= 0.6 is 0 Å². The largest absolute Gasteiger partial charge is 0.423 e. The van der Waals surface area contributed by atoms with Crippen LogP contribution in [0.3, 0.4) is 0 Å². The first-order valence-electron chi connectivity index (χ1n) is 9.41. The molecule has 3 aliphatic heterocycles. The summed E-state index contributed by atoms with van der Waals surface area (Å²) in [5, 5.41) is 7.91. The average molecular weight is 374 g/mol. The summed E-state index contributed by atoms with van der Waals surface area (Å²) in [5.41, 5.74) is -0.999. The van der Waals surface area contributed by atoms with Crippen molar-refractivity contribution in [2.45, 2.75) is 57.9 Å². The second-order valence-electron chi connectivity index (χ2n) is 8.63. The van der Waals surface area contributed by atoms with E-state index in [1.54, 1.807) is 11.9 Å². The molecule has 2 amide bonds. The van der Waals surface area contributed by atoms with E-state index < -0.39 is 17.4 Å². The standard InChI is InChI=1S/C19H26N4O4/c1-6-12-20-21-13(26-12)9-22(5)16(24)14-11-7-8-19(27-11)10-23(18(2,3)4)17(25)15(14)19/h7-8,11,14-15H,6,9-10H2,1-5H3/t11-,14-,15-,19-/m0/s1. The van der Waals surface area contributed by atoms with Crippen LogP contribution in [0.1, 0.15) is 39.5 Å². The van der Waals surface area contributed by atoms with E-state index in [9.17, 15) is 9.59 Å². The van der Waals surface area contributed by atoms with Crippen LogP contribution in [0.4, 0.5) is 0 Å². The zero-order valence-corrected chi connectivity index (χ0v) is 16.4. The van der Waals surface area contributed by atoms with Gasteiger partial charge in [-0.15, -0.1) is 10.2 Å². The summed E-state index contributed by atoms with van der Waals surface area (Å²) in [4.78, 5) is 29.7. The van der Waals surface area contributed by atoms with Crippen molar-refractivity contribution in [2.24, 2.45) is 11.8 Å². The number of aromatic nitrogens is 2. The van der Waals surface area contributed by atoms with Crippen LogP contribution < -0.4 is 0 Å². The summed E-state index contributed by atoms with van der Waals surface area (Å²) in [6, 6.07) is 0. The zero-order chi connectivity index (χ0) is 19.6. The van der Waals surface area contributed by atoms with E-state index in [4.69, 9.17) is 9.15 Å². The fourth-order valence-electron chi connectivity index (χ4n) is 4.38. The Morgan fingerprint density at radius 3 is 2.70 bits per heavy atom. The number of fused-ring (bicyclic) bond motifs is 1. The number of hydrogen-bond acceptors (Lipinski definition) is 6. The number of ether oxygens (including phenoxy) is 1. The highest BCUT2D eigenvalue weighted by molar-refractivity contribution is 5.93. The van der Waals surface area contributed by atoms with Gasteiger partial charge in [-0.25, -0.2) is 0 Å². The van der Waals surface area contributed by atoms with Crippen molar-refractivity contribution in [3.8, 4) is 0 Å². The van der Waals surface area contributed by atoms with Gasteiger partial charge in [0, 0.05) is 19.0 Å². The van der Waals surface area contributed by atoms with Gasteiger partial charge in [-0.3, -0.25) is 9.59 Å². The van der Waals surface area contributed by atoms with Crippen molar-refractivity contribution in [1.82, 2.24) is 20.0 Å². The Bertz CT molecular complexity index is 811. The highest BCUT2D eigenvalue weighted by Gasteiger charge is 2.68. The maximum atomic E-state index is 13.2. The lowest BCUT2D eigenvalue weighted by molar-refractivity contribution is -0.144. The molecular formula is C19H26N4O4. The first kappa shape index (κ1) is 18.2. The molecule has 8 nitrogen and oxygen atoms in total. The molecular weight excluding hydrogens is 348 g/mol. The first-order valence-corrected chi connectivity index (χ1v) is 9.41. The average Bonchev–Trinajstić information content (AvgIpc) is 3.34. The Kier molecular flexibility index (Phi) is 3.96. The summed E-state index contributed by atoms with van der Waals surface area (Å²) in [6.07, 6.45) is 4.19. The summed E-state index contributed by atoms with van der Waals surface area (Å²) in [7, 11) is 1.70. The van der Waals surface area contributed by atoms with Crippen LogP contribution in [-0.2, 0) is 27.3 Å². The molecule has 0 aromatic carbocycles. The lowest BCUT2D eigenvalue weighted by Gasteiger charge is -2.34. The summed E-state index contributed by atoms with van der Waals surface area (Å²) in [6.45, 7) is 8.64. The van der Waals surface area contributed by atoms with Crippen LogP contribution in [0.5, 0.6) is 0 Å². The van der Waals surface area contributed by atoms with Gasteiger partial charge in [0.25, 0.3) is 0 Å². The molecule has 0 N–H and O–H groups in total. The lowest BCUT2D eigenvalue weighted by Crippen LogP contribution is -2.47. The lowest BCUT2D eigenvalue weighted by atomic mass is 9.76. The highest BCUT2D eigenvalue weighted by Crippen LogP contribution is 2.53. The quantitative estimate of drug-likeness (QED) is 0.735. The summed E-state index contributed by atoms with van der Waals surface area (Å²) < 4.78 is 11.7. The van der Waals surface area contributed by atoms with Gasteiger partial charge in [0.2, 0.25) is 23.6 Å². The third-order valence-corrected chi connectivity index (χ3v) is 5.76. The van der Waals surface area contributed by atoms with Crippen LogP contribution in [0.2, 0.25) is 0 Å². The zero-order valence-electron chi connectivity index (χ0n) is 16.4. The second-order valence-corrected chi connectivity index (χ2v) is 8.63. The fraction of sp³-hybridized carbons (Fsp3) is 0.684. The summed E-state index contributed by atoms with van der Waals surface area (Å²) >= 11 is 0. The molecule has 0 saturated carbocycles. The smallest absolute Gasteiger partial charge is 0.235 e. The maximum Gasteiger partial charge on any atom is 0.235 e. The Morgan fingerprint density at radius 2 is 2.07 bits per heavy atom. The van der Waals surface area contributed by atoms with Crippen molar-refractivity contribution < 1.29 is 18.7 Å². The fourth-order valence-corrected chi connectivity index (χ4v) is 4.38. The predicted octanol–water partition coefficient (Wildman–Crippen LogP) is 1.17. The van der Waals surface area contributed by atoms with Gasteiger partial charge in [-0.05, 0) is 20.8 Å².